The van der Waals surface area contributed by atoms with Crippen molar-refractivity contribution in [2.24, 2.45) is 0 Å². The Morgan fingerprint density at radius 1 is 0.927 bits per heavy atom. The number of carbonyl (C=O) groups excluding carboxylic acids is 1. The number of ether oxygens (including phenoxy) is 2. The molecule has 2 heterocycles. The van der Waals surface area contributed by atoms with Gasteiger partial charge in [0, 0.05) is 18.0 Å². The maximum Gasteiger partial charge on any atom is 0.573 e. The SMILES string of the molecule is CC(C)(C)c1cc(C(=O)N[C@@H](c2ccc(OC(F)(F)F)c(F)c2)c2ncccc2F)cnc1OCc1ccccc1. The summed E-state index contributed by atoms with van der Waals surface area (Å²) in [6.07, 6.45) is -2.55. The standard InChI is InChI=1S/C30H26F5N3O3/c1-29(2,3)21-14-20(16-37-28(21)40-17-18-8-5-4-6-9-18)27(39)38-25(26-22(31)10-7-13-36-26)19-11-12-24(23(32)15-19)41-30(33,34)35/h4-16,25H,17H2,1-3H3,(H,38,39)/t25-/m0/s1. The number of aromatic nitrogens is 2. The molecule has 2 aromatic carbocycles. The number of nitrogens with one attached hydrogen (secondary N) is 1. The van der Waals surface area contributed by atoms with Gasteiger partial charge in [0.2, 0.25) is 5.88 Å². The lowest BCUT2D eigenvalue weighted by Gasteiger charge is -2.24. The Kier molecular flexibility index (Phi) is 8.55. The van der Waals surface area contributed by atoms with E-state index in [1.165, 1.54) is 18.5 Å². The summed E-state index contributed by atoms with van der Waals surface area (Å²) < 4.78 is 76.8. The van der Waals surface area contributed by atoms with Crippen molar-refractivity contribution in [1.29, 1.82) is 0 Å². The number of nitrogens with zero attached hydrogens (tertiary/aromatic N) is 2. The van der Waals surface area contributed by atoms with E-state index in [-0.39, 0.29) is 23.4 Å². The molecular weight excluding hydrogens is 545 g/mol. The summed E-state index contributed by atoms with van der Waals surface area (Å²) in [5.41, 5.74) is 0.836. The minimum atomic E-state index is -5.11. The highest BCUT2D eigenvalue weighted by atomic mass is 19.4. The van der Waals surface area contributed by atoms with Gasteiger partial charge in [-0.05, 0) is 46.9 Å². The number of amides is 1. The molecule has 214 valence electrons. The third-order valence-electron chi connectivity index (χ3n) is 5.99. The van der Waals surface area contributed by atoms with Crippen molar-refractivity contribution in [2.45, 2.75) is 45.2 Å². The van der Waals surface area contributed by atoms with Crippen molar-refractivity contribution >= 4 is 5.91 Å². The van der Waals surface area contributed by atoms with Gasteiger partial charge in [-0.15, -0.1) is 13.2 Å². The second-order valence-corrected chi connectivity index (χ2v) is 10.1. The van der Waals surface area contributed by atoms with Crippen molar-refractivity contribution in [3.8, 4) is 11.6 Å². The fourth-order valence-electron chi connectivity index (χ4n) is 3.99. The average Bonchev–Trinajstić information content (AvgIpc) is 2.91. The Morgan fingerprint density at radius 3 is 2.29 bits per heavy atom. The van der Waals surface area contributed by atoms with Gasteiger partial charge in [-0.3, -0.25) is 9.78 Å². The molecule has 0 aliphatic rings. The highest BCUT2D eigenvalue weighted by Gasteiger charge is 2.33. The smallest absolute Gasteiger partial charge is 0.473 e. The molecule has 0 radical (unpaired) electrons. The summed E-state index contributed by atoms with van der Waals surface area (Å²) in [6.45, 7) is 6.00. The van der Waals surface area contributed by atoms with Crippen LogP contribution in [0.3, 0.4) is 0 Å². The van der Waals surface area contributed by atoms with E-state index in [1.54, 1.807) is 6.07 Å². The molecule has 6 nitrogen and oxygen atoms in total. The van der Waals surface area contributed by atoms with E-state index >= 15 is 0 Å². The quantitative estimate of drug-likeness (QED) is 0.230. The maximum atomic E-state index is 14.8. The van der Waals surface area contributed by atoms with E-state index < -0.39 is 41.1 Å². The van der Waals surface area contributed by atoms with Gasteiger partial charge in [0.25, 0.3) is 5.91 Å². The third kappa shape index (κ3) is 7.56. The lowest BCUT2D eigenvalue weighted by atomic mass is 9.87. The molecule has 41 heavy (non-hydrogen) atoms. The molecular formula is C30H26F5N3O3. The predicted molar refractivity (Wildman–Crippen MR) is 140 cm³/mol. The first-order valence-electron chi connectivity index (χ1n) is 12.5. The molecule has 4 rings (SSSR count). The molecule has 1 N–H and O–H groups in total. The number of halogens is 5. The van der Waals surface area contributed by atoms with E-state index in [4.69, 9.17) is 4.74 Å². The molecule has 0 spiro atoms. The van der Waals surface area contributed by atoms with Gasteiger partial charge in [0.05, 0.1) is 11.6 Å². The Bertz CT molecular complexity index is 1520. The fraction of sp³-hybridized carbons (Fsp3) is 0.233. The maximum absolute atomic E-state index is 14.8. The number of rotatable bonds is 8. The van der Waals surface area contributed by atoms with Gasteiger partial charge in [-0.1, -0.05) is 57.2 Å². The number of pyridine rings is 2. The van der Waals surface area contributed by atoms with Gasteiger partial charge in [-0.25, -0.2) is 13.8 Å². The minimum Gasteiger partial charge on any atom is -0.473 e. The van der Waals surface area contributed by atoms with Gasteiger partial charge >= 0.3 is 6.36 Å². The summed E-state index contributed by atoms with van der Waals surface area (Å²) in [5.74, 6) is -3.62. The van der Waals surface area contributed by atoms with Crippen LogP contribution in [-0.2, 0) is 12.0 Å². The van der Waals surface area contributed by atoms with Crippen LogP contribution in [0.4, 0.5) is 22.0 Å². The van der Waals surface area contributed by atoms with E-state index in [2.05, 4.69) is 20.0 Å². The highest BCUT2D eigenvalue weighted by molar-refractivity contribution is 5.94. The number of carbonyl (C=O) groups is 1. The first kappa shape index (κ1) is 29.4. The van der Waals surface area contributed by atoms with Crippen molar-refractivity contribution in [3.05, 3.63) is 119 Å². The highest BCUT2D eigenvalue weighted by Crippen LogP contribution is 2.33. The zero-order valence-corrected chi connectivity index (χ0v) is 22.3. The molecule has 0 aliphatic carbocycles. The van der Waals surface area contributed by atoms with Gasteiger partial charge in [0.1, 0.15) is 18.1 Å². The summed E-state index contributed by atoms with van der Waals surface area (Å²) in [4.78, 5) is 21.7. The summed E-state index contributed by atoms with van der Waals surface area (Å²) in [5, 5.41) is 2.61. The van der Waals surface area contributed by atoms with Crippen molar-refractivity contribution in [1.82, 2.24) is 15.3 Å². The van der Waals surface area contributed by atoms with Crippen molar-refractivity contribution in [3.63, 3.8) is 0 Å². The van der Waals surface area contributed by atoms with Crippen LogP contribution in [0.2, 0.25) is 0 Å². The lowest BCUT2D eigenvalue weighted by Crippen LogP contribution is -2.31. The first-order valence-corrected chi connectivity index (χ1v) is 12.5. The predicted octanol–water partition coefficient (Wildman–Crippen LogP) is 7.05. The monoisotopic (exact) mass is 571 g/mol. The molecule has 0 saturated heterocycles. The van der Waals surface area contributed by atoms with E-state index in [9.17, 15) is 26.7 Å². The number of hydrogen-bond donors (Lipinski definition) is 1. The van der Waals surface area contributed by atoms with Gasteiger partial charge < -0.3 is 14.8 Å². The summed E-state index contributed by atoms with van der Waals surface area (Å²) in [6, 6.07) is 14.7. The minimum absolute atomic E-state index is 0.0604. The number of alkyl halides is 3. The Labute approximate surface area is 233 Å². The molecule has 0 unspecified atom stereocenters. The van der Waals surface area contributed by atoms with Crippen LogP contribution in [0.25, 0.3) is 0 Å². The van der Waals surface area contributed by atoms with Gasteiger partial charge in [-0.2, -0.15) is 0 Å². The van der Waals surface area contributed by atoms with Crippen LogP contribution in [0.5, 0.6) is 11.6 Å². The van der Waals surface area contributed by atoms with Crippen molar-refractivity contribution in [2.75, 3.05) is 0 Å². The summed E-state index contributed by atoms with van der Waals surface area (Å²) >= 11 is 0. The molecule has 1 amide bonds. The topological polar surface area (TPSA) is 73.3 Å². The van der Waals surface area contributed by atoms with E-state index in [0.717, 1.165) is 29.8 Å². The first-order chi connectivity index (χ1) is 19.3. The largest absolute Gasteiger partial charge is 0.573 e. The molecule has 11 heteroatoms. The van der Waals surface area contributed by atoms with Gasteiger partial charge in [0.15, 0.2) is 11.6 Å². The van der Waals surface area contributed by atoms with Crippen LogP contribution < -0.4 is 14.8 Å². The van der Waals surface area contributed by atoms with E-state index in [0.29, 0.717) is 11.4 Å². The van der Waals surface area contributed by atoms with Crippen LogP contribution in [0, 0.1) is 11.6 Å². The Hall–Kier alpha value is -4.54. The van der Waals surface area contributed by atoms with Crippen LogP contribution >= 0.6 is 0 Å². The number of benzene rings is 2. The molecule has 1 atom stereocenters. The zero-order chi connectivity index (χ0) is 29.8. The average molecular weight is 572 g/mol. The Morgan fingerprint density at radius 2 is 1.66 bits per heavy atom. The van der Waals surface area contributed by atoms with Crippen LogP contribution in [0.15, 0.2) is 79.1 Å². The second-order valence-electron chi connectivity index (χ2n) is 10.1. The van der Waals surface area contributed by atoms with Crippen LogP contribution in [0.1, 0.15) is 59.6 Å². The molecule has 0 aliphatic heterocycles. The number of hydrogen-bond acceptors (Lipinski definition) is 5. The molecule has 0 fully saturated rings. The second kappa shape index (κ2) is 11.9. The fourth-order valence-corrected chi connectivity index (χ4v) is 3.99. The molecule has 4 aromatic rings. The normalized spacial score (nSPS) is 12.5. The molecule has 2 aromatic heterocycles. The van der Waals surface area contributed by atoms with Crippen LogP contribution in [-0.4, -0.2) is 22.2 Å². The van der Waals surface area contributed by atoms with E-state index in [1.807, 2.05) is 51.1 Å². The third-order valence-corrected chi connectivity index (χ3v) is 5.99. The molecule has 0 bridgehead atoms. The molecule has 0 saturated carbocycles. The zero-order valence-electron chi connectivity index (χ0n) is 22.3. The Balaban J connectivity index is 1.66. The summed E-state index contributed by atoms with van der Waals surface area (Å²) in [7, 11) is 0. The van der Waals surface area contributed by atoms with Crippen molar-refractivity contribution < 1.29 is 36.2 Å². The lowest BCUT2D eigenvalue weighted by molar-refractivity contribution is -0.275.